The van der Waals surface area contributed by atoms with E-state index in [0.29, 0.717) is 5.41 Å². The molecule has 0 N–H and O–H groups in total. The lowest BCUT2D eigenvalue weighted by molar-refractivity contribution is -0.0523. The van der Waals surface area contributed by atoms with E-state index >= 15 is 0 Å². The Morgan fingerprint density at radius 3 is 1.50 bits per heavy atom. The summed E-state index contributed by atoms with van der Waals surface area (Å²) in [4.78, 5) is 0. The Balaban J connectivity index is 0.000000122. The predicted octanol–water partition coefficient (Wildman–Crippen LogP) is 7.48. The molecule has 1 aromatic rings. The van der Waals surface area contributed by atoms with Crippen molar-refractivity contribution in [3.05, 3.63) is 35.9 Å². The number of rotatable bonds is 1. The van der Waals surface area contributed by atoms with E-state index in [0.717, 1.165) is 53.3 Å². The standard InChI is InChI=1S/C17H22.C11H18/c1-17(14-5-3-2-4-6-14)15-8-12-7-13(10-15)11-16(17)9-12;1-7-10-3-8-2-9(5-10)6-11(7)4-8/h2-6,12-13,15-16H,7-11H2,1H3;7-11H,2-6H2,1H3. The van der Waals surface area contributed by atoms with E-state index in [1.165, 1.54) is 25.7 Å². The molecule has 0 nitrogen and oxygen atoms in total. The van der Waals surface area contributed by atoms with Gasteiger partial charge in [0, 0.05) is 0 Å². The topological polar surface area (TPSA) is 0 Å². The minimum Gasteiger partial charge on any atom is -0.0622 e. The van der Waals surface area contributed by atoms with E-state index < -0.39 is 0 Å². The molecule has 0 aromatic heterocycles. The van der Waals surface area contributed by atoms with Crippen LogP contribution in [0.2, 0.25) is 0 Å². The van der Waals surface area contributed by atoms with Crippen molar-refractivity contribution in [3.8, 4) is 0 Å². The highest BCUT2D eigenvalue weighted by Gasteiger charge is 2.55. The molecule has 1 aromatic carbocycles. The summed E-state index contributed by atoms with van der Waals surface area (Å²) in [6, 6.07) is 11.4. The normalized spacial score (nSPS) is 52.4. The van der Waals surface area contributed by atoms with Crippen molar-refractivity contribution >= 4 is 0 Å². The second kappa shape index (κ2) is 6.61. The third kappa shape index (κ3) is 2.76. The van der Waals surface area contributed by atoms with Crippen LogP contribution in [0.25, 0.3) is 0 Å². The van der Waals surface area contributed by atoms with Gasteiger partial charge in [-0.1, -0.05) is 44.2 Å². The minimum atomic E-state index is 0.495. The molecular weight excluding hydrogens is 336 g/mol. The van der Waals surface area contributed by atoms with Crippen LogP contribution in [-0.4, -0.2) is 0 Å². The fourth-order valence-electron chi connectivity index (χ4n) is 9.63. The van der Waals surface area contributed by atoms with Crippen LogP contribution in [0.5, 0.6) is 0 Å². The molecule has 152 valence electrons. The van der Waals surface area contributed by atoms with Crippen molar-refractivity contribution in [3.63, 3.8) is 0 Å². The summed E-state index contributed by atoms with van der Waals surface area (Å²) in [7, 11) is 0. The maximum atomic E-state index is 2.56. The second-order valence-corrected chi connectivity index (χ2v) is 12.2. The van der Waals surface area contributed by atoms with Gasteiger partial charge in [-0.3, -0.25) is 0 Å². The van der Waals surface area contributed by atoms with Crippen LogP contribution in [-0.2, 0) is 5.41 Å². The van der Waals surface area contributed by atoms with E-state index in [-0.39, 0.29) is 0 Å². The van der Waals surface area contributed by atoms with E-state index in [2.05, 4.69) is 44.2 Å². The molecule has 0 spiro atoms. The van der Waals surface area contributed by atoms with Gasteiger partial charge in [0.1, 0.15) is 0 Å². The summed E-state index contributed by atoms with van der Waals surface area (Å²) in [5, 5.41) is 0. The van der Waals surface area contributed by atoms with E-state index in [9.17, 15) is 0 Å². The van der Waals surface area contributed by atoms with Gasteiger partial charge in [-0.25, -0.2) is 0 Å². The average Bonchev–Trinajstić information content (AvgIpc) is 2.70. The smallest absolute Gasteiger partial charge is 0.00184 e. The molecule has 0 aliphatic heterocycles. The molecule has 8 fully saturated rings. The van der Waals surface area contributed by atoms with Gasteiger partial charge in [-0.05, 0) is 128 Å². The largest absolute Gasteiger partial charge is 0.0622 e. The summed E-state index contributed by atoms with van der Waals surface area (Å²) >= 11 is 0. The highest BCUT2D eigenvalue weighted by molar-refractivity contribution is 5.29. The van der Waals surface area contributed by atoms with Crippen molar-refractivity contribution in [1.29, 1.82) is 0 Å². The van der Waals surface area contributed by atoms with Crippen LogP contribution in [0, 0.1) is 53.3 Å². The van der Waals surface area contributed by atoms with Gasteiger partial charge in [-0.2, -0.15) is 0 Å². The predicted molar refractivity (Wildman–Crippen MR) is 117 cm³/mol. The Morgan fingerprint density at radius 1 is 0.607 bits per heavy atom. The Morgan fingerprint density at radius 2 is 1.04 bits per heavy atom. The molecule has 9 rings (SSSR count). The zero-order chi connectivity index (χ0) is 18.9. The third-order valence-corrected chi connectivity index (χ3v) is 10.9. The molecule has 0 heterocycles. The monoisotopic (exact) mass is 376 g/mol. The SMILES string of the molecule is CC1(c2ccccc2)C2CC3CC(C2)CC1C3.CC1C2CC3CC(C2)CC1C3. The Kier molecular flexibility index (Phi) is 4.26. The van der Waals surface area contributed by atoms with Gasteiger partial charge < -0.3 is 0 Å². The summed E-state index contributed by atoms with van der Waals surface area (Å²) in [5.41, 5.74) is 2.11. The Bertz CT molecular complexity index is 644. The molecule has 0 atom stereocenters. The van der Waals surface area contributed by atoms with Gasteiger partial charge >= 0.3 is 0 Å². The van der Waals surface area contributed by atoms with Crippen LogP contribution >= 0.6 is 0 Å². The van der Waals surface area contributed by atoms with Gasteiger partial charge in [0.2, 0.25) is 0 Å². The molecule has 0 radical (unpaired) electrons. The van der Waals surface area contributed by atoms with Gasteiger partial charge in [0.15, 0.2) is 0 Å². The molecule has 8 aliphatic carbocycles. The zero-order valence-electron chi connectivity index (χ0n) is 18.2. The molecular formula is C28H40. The lowest BCUT2D eigenvalue weighted by atomic mass is 9.44. The molecule has 0 heteroatoms. The van der Waals surface area contributed by atoms with Crippen LogP contribution < -0.4 is 0 Å². The van der Waals surface area contributed by atoms with E-state index in [1.54, 1.807) is 44.1 Å². The molecule has 8 saturated carbocycles. The number of hydrogen-bond acceptors (Lipinski definition) is 0. The zero-order valence-corrected chi connectivity index (χ0v) is 18.2. The fourth-order valence-corrected chi connectivity index (χ4v) is 9.63. The van der Waals surface area contributed by atoms with Crippen LogP contribution in [0.3, 0.4) is 0 Å². The minimum absolute atomic E-state index is 0.495. The van der Waals surface area contributed by atoms with E-state index in [1.807, 2.05) is 0 Å². The number of benzene rings is 1. The molecule has 0 unspecified atom stereocenters. The van der Waals surface area contributed by atoms with Crippen LogP contribution in [0.4, 0.5) is 0 Å². The van der Waals surface area contributed by atoms with Crippen molar-refractivity contribution in [2.24, 2.45) is 53.3 Å². The Hall–Kier alpha value is -0.780. The molecule has 0 amide bonds. The maximum absolute atomic E-state index is 2.56. The molecule has 8 bridgehead atoms. The first-order valence-corrected chi connectivity index (χ1v) is 12.6. The number of hydrogen-bond donors (Lipinski definition) is 0. The van der Waals surface area contributed by atoms with Crippen molar-refractivity contribution in [1.82, 2.24) is 0 Å². The Labute approximate surface area is 172 Å². The van der Waals surface area contributed by atoms with Crippen LogP contribution in [0.1, 0.15) is 83.6 Å². The summed E-state index contributed by atoms with van der Waals surface area (Å²) < 4.78 is 0. The molecule has 0 saturated heterocycles. The van der Waals surface area contributed by atoms with Gasteiger partial charge in [0.25, 0.3) is 0 Å². The maximum Gasteiger partial charge on any atom is -0.00184 e. The van der Waals surface area contributed by atoms with Crippen LogP contribution in [0.15, 0.2) is 30.3 Å². The first kappa shape index (κ1) is 18.0. The highest BCUT2D eigenvalue weighted by atomic mass is 14.6. The first-order chi connectivity index (χ1) is 13.6. The molecule has 28 heavy (non-hydrogen) atoms. The summed E-state index contributed by atoms with van der Waals surface area (Å²) in [6.07, 6.45) is 15.6. The summed E-state index contributed by atoms with van der Waals surface area (Å²) in [6.45, 7) is 5.07. The van der Waals surface area contributed by atoms with Crippen molar-refractivity contribution in [2.75, 3.05) is 0 Å². The third-order valence-electron chi connectivity index (χ3n) is 10.9. The van der Waals surface area contributed by atoms with Crippen molar-refractivity contribution < 1.29 is 0 Å². The quantitative estimate of drug-likeness (QED) is 0.476. The fraction of sp³-hybridized carbons (Fsp3) is 0.786. The van der Waals surface area contributed by atoms with Crippen molar-refractivity contribution in [2.45, 2.75) is 83.5 Å². The van der Waals surface area contributed by atoms with E-state index in [4.69, 9.17) is 0 Å². The lowest BCUT2D eigenvalue weighted by Crippen LogP contribution is -2.53. The lowest BCUT2D eigenvalue weighted by Gasteiger charge is -2.60. The first-order valence-electron chi connectivity index (χ1n) is 12.6. The highest BCUT2D eigenvalue weighted by Crippen LogP contribution is 2.62. The second-order valence-electron chi connectivity index (χ2n) is 12.2. The van der Waals surface area contributed by atoms with Gasteiger partial charge in [-0.15, -0.1) is 0 Å². The summed E-state index contributed by atoms with van der Waals surface area (Å²) in [5.74, 6) is 9.80. The van der Waals surface area contributed by atoms with Gasteiger partial charge in [0.05, 0.1) is 0 Å². The average molecular weight is 377 g/mol. The molecule has 8 aliphatic rings.